The molecule has 0 unspecified atom stereocenters. The third kappa shape index (κ3) is 3.75. The van der Waals surface area contributed by atoms with E-state index in [0.29, 0.717) is 21.6 Å². The van der Waals surface area contributed by atoms with Crippen LogP contribution >= 0.6 is 11.8 Å². The number of aryl methyl sites for hydroxylation is 1. The van der Waals surface area contributed by atoms with Crippen molar-refractivity contribution in [3.8, 4) is 11.5 Å². The van der Waals surface area contributed by atoms with E-state index in [-0.39, 0.29) is 5.91 Å². The summed E-state index contributed by atoms with van der Waals surface area (Å²) in [4.78, 5) is 17.5. The number of amides is 1. The summed E-state index contributed by atoms with van der Waals surface area (Å²) in [5, 5.41) is 3.39. The molecule has 2 aromatic rings. The van der Waals surface area contributed by atoms with Crippen molar-refractivity contribution < 1.29 is 14.3 Å². The molecule has 6 heteroatoms. The molecule has 26 heavy (non-hydrogen) atoms. The maximum absolute atomic E-state index is 12.3. The normalized spacial score (nSPS) is 16.8. The molecule has 0 spiro atoms. The van der Waals surface area contributed by atoms with E-state index in [9.17, 15) is 4.79 Å². The Hall–Kier alpha value is -2.73. The quantitative estimate of drug-likeness (QED) is 0.821. The van der Waals surface area contributed by atoms with E-state index in [2.05, 4.69) is 10.3 Å². The van der Waals surface area contributed by atoms with Crippen LogP contribution in [0.3, 0.4) is 0 Å². The lowest BCUT2D eigenvalue weighted by atomic mass is 10.1. The standard InChI is InChI=1S/C20H20N2O3S/c1-12-6-5-7-16(13(12)2)21-20-22-19(23)18(26-20)10-14-8-9-15(24-3)11-17(14)25-4/h5-11H,1-4H3,(H,21,22,23)/b18-10-. The Morgan fingerprint density at radius 3 is 2.65 bits per heavy atom. The van der Waals surface area contributed by atoms with Crippen molar-refractivity contribution in [1.82, 2.24) is 5.32 Å². The Labute approximate surface area is 157 Å². The van der Waals surface area contributed by atoms with Crippen molar-refractivity contribution in [2.75, 3.05) is 14.2 Å². The Kier molecular flexibility index (Phi) is 5.32. The van der Waals surface area contributed by atoms with Crippen LogP contribution in [-0.2, 0) is 4.79 Å². The molecule has 0 bridgehead atoms. The minimum absolute atomic E-state index is 0.170. The number of aliphatic imine (C=N–C) groups is 1. The number of carbonyl (C=O) groups excluding carboxylic acids is 1. The van der Waals surface area contributed by atoms with Gasteiger partial charge in [-0.05, 0) is 61.0 Å². The first-order chi connectivity index (χ1) is 12.5. The third-order valence-corrected chi connectivity index (χ3v) is 5.09. The largest absolute Gasteiger partial charge is 0.497 e. The number of nitrogens with zero attached hydrogens (tertiary/aromatic N) is 1. The van der Waals surface area contributed by atoms with Crippen molar-refractivity contribution in [3.63, 3.8) is 0 Å². The number of ether oxygens (including phenoxy) is 2. The molecule has 0 radical (unpaired) electrons. The summed E-state index contributed by atoms with van der Waals surface area (Å²) in [6, 6.07) is 11.4. The molecule has 0 aliphatic carbocycles. The van der Waals surface area contributed by atoms with Gasteiger partial charge in [0.05, 0.1) is 24.8 Å². The number of methoxy groups -OCH3 is 2. The van der Waals surface area contributed by atoms with Crippen LogP contribution < -0.4 is 14.8 Å². The topological polar surface area (TPSA) is 59.9 Å². The van der Waals surface area contributed by atoms with Gasteiger partial charge in [0.1, 0.15) is 11.5 Å². The van der Waals surface area contributed by atoms with Crippen molar-refractivity contribution in [3.05, 3.63) is 58.0 Å². The van der Waals surface area contributed by atoms with Gasteiger partial charge >= 0.3 is 0 Å². The summed E-state index contributed by atoms with van der Waals surface area (Å²) in [5.41, 5.74) is 3.93. The average Bonchev–Trinajstić information content (AvgIpc) is 2.98. The molecule has 1 amide bonds. The first kappa shape index (κ1) is 18.1. The van der Waals surface area contributed by atoms with Gasteiger partial charge in [0.2, 0.25) is 0 Å². The van der Waals surface area contributed by atoms with E-state index >= 15 is 0 Å². The minimum atomic E-state index is -0.170. The van der Waals surface area contributed by atoms with Gasteiger partial charge in [0, 0.05) is 11.6 Å². The van der Waals surface area contributed by atoms with E-state index in [0.717, 1.165) is 16.8 Å². The van der Waals surface area contributed by atoms with E-state index in [1.54, 1.807) is 26.4 Å². The number of thioether (sulfide) groups is 1. The predicted octanol–water partition coefficient (Wildman–Crippen LogP) is 4.21. The zero-order valence-electron chi connectivity index (χ0n) is 15.1. The van der Waals surface area contributed by atoms with E-state index in [1.165, 1.54) is 17.3 Å². The molecule has 3 rings (SSSR count). The van der Waals surface area contributed by atoms with Crippen LogP contribution in [0.4, 0.5) is 5.69 Å². The molecule has 2 aromatic carbocycles. The summed E-state index contributed by atoms with van der Waals surface area (Å²) < 4.78 is 10.6. The lowest BCUT2D eigenvalue weighted by Crippen LogP contribution is -2.19. The van der Waals surface area contributed by atoms with Gasteiger partial charge in [-0.3, -0.25) is 4.79 Å². The van der Waals surface area contributed by atoms with E-state index in [1.807, 2.05) is 44.2 Å². The van der Waals surface area contributed by atoms with Crippen molar-refractivity contribution in [2.45, 2.75) is 13.8 Å². The Morgan fingerprint density at radius 2 is 1.92 bits per heavy atom. The Morgan fingerprint density at radius 1 is 1.12 bits per heavy atom. The zero-order valence-corrected chi connectivity index (χ0v) is 15.9. The first-order valence-electron chi connectivity index (χ1n) is 8.09. The van der Waals surface area contributed by atoms with E-state index < -0.39 is 0 Å². The minimum Gasteiger partial charge on any atom is -0.497 e. The monoisotopic (exact) mass is 368 g/mol. The molecule has 1 aliphatic rings. The van der Waals surface area contributed by atoms with Crippen molar-refractivity contribution in [2.24, 2.45) is 4.99 Å². The lowest BCUT2D eigenvalue weighted by Gasteiger charge is -2.07. The van der Waals surface area contributed by atoms with Gasteiger partial charge in [-0.2, -0.15) is 0 Å². The SMILES string of the molecule is COc1ccc(/C=C2\SC(=Nc3cccc(C)c3C)NC2=O)c(OC)c1. The third-order valence-electron chi connectivity index (χ3n) is 4.18. The summed E-state index contributed by atoms with van der Waals surface area (Å²) in [5.74, 6) is 1.17. The van der Waals surface area contributed by atoms with E-state index in [4.69, 9.17) is 9.47 Å². The molecular weight excluding hydrogens is 348 g/mol. The molecular formula is C20H20N2O3S. The highest BCUT2D eigenvalue weighted by Crippen LogP contribution is 2.33. The number of amidine groups is 1. The molecule has 0 aromatic heterocycles. The molecule has 1 heterocycles. The maximum Gasteiger partial charge on any atom is 0.264 e. The van der Waals surface area contributed by atoms with Gasteiger partial charge in [-0.25, -0.2) is 4.99 Å². The highest BCUT2D eigenvalue weighted by Gasteiger charge is 2.24. The number of nitrogens with one attached hydrogen (secondary N) is 1. The molecule has 134 valence electrons. The zero-order chi connectivity index (χ0) is 18.7. The number of hydrogen-bond donors (Lipinski definition) is 1. The number of hydrogen-bond acceptors (Lipinski definition) is 5. The molecule has 0 atom stereocenters. The smallest absolute Gasteiger partial charge is 0.264 e. The van der Waals surface area contributed by atoms with Gasteiger partial charge in [0.15, 0.2) is 5.17 Å². The second kappa shape index (κ2) is 7.66. The average molecular weight is 368 g/mol. The van der Waals surface area contributed by atoms with Crippen LogP contribution in [0.5, 0.6) is 11.5 Å². The maximum atomic E-state index is 12.3. The van der Waals surface area contributed by atoms with Crippen LogP contribution in [0.2, 0.25) is 0 Å². The summed E-state index contributed by atoms with van der Waals surface area (Å²) in [6.45, 7) is 4.07. The van der Waals surface area contributed by atoms with Crippen LogP contribution in [0.15, 0.2) is 46.3 Å². The number of rotatable bonds is 4. The molecule has 1 N–H and O–H groups in total. The second-order valence-electron chi connectivity index (χ2n) is 5.81. The molecule has 0 saturated carbocycles. The summed E-state index contributed by atoms with van der Waals surface area (Å²) in [6.07, 6.45) is 1.80. The number of benzene rings is 2. The van der Waals surface area contributed by atoms with Crippen molar-refractivity contribution >= 4 is 34.6 Å². The van der Waals surface area contributed by atoms with Crippen molar-refractivity contribution in [1.29, 1.82) is 0 Å². The second-order valence-corrected chi connectivity index (χ2v) is 6.84. The summed E-state index contributed by atoms with van der Waals surface area (Å²) in [7, 11) is 3.19. The predicted molar refractivity (Wildman–Crippen MR) is 106 cm³/mol. The molecule has 1 fully saturated rings. The molecule has 1 aliphatic heterocycles. The molecule has 5 nitrogen and oxygen atoms in total. The highest BCUT2D eigenvalue weighted by molar-refractivity contribution is 8.18. The highest BCUT2D eigenvalue weighted by atomic mass is 32.2. The first-order valence-corrected chi connectivity index (χ1v) is 8.91. The summed E-state index contributed by atoms with van der Waals surface area (Å²) >= 11 is 1.32. The Balaban J connectivity index is 1.89. The van der Waals surface area contributed by atoms with Crippen LogP contribution in [0.1, 0.15) is 16.7 Å². The van der Waals surface area contributed by atoms with Gasteiger partial charge < -0.3 is 14.8 Å². The fourth-order valence-corrected chi connectivity index (χ4v) is 3.35. The van der Waals surface area contributed by atoms with Crippen LogP contribution in [0.25, 0.3) is 6.08 Å². The fourth-order valence-electron chi connectivity index (χ4n) is 2.53. The van der Waals surface area contributed by atoms with Gasteiger partial charge in [-0.15, -0.1) is 0 Å². The number of carbonyl (C=O) groups is 1. The van der Waals surface area contributed by atoms with Gasteiger partial charge in [0.25, 0.3) is 5.91 Å². The van der Waals surface area contributed by atoms with Crippen LogP contribution in [0, 0.1) is 13.8 Å². The Bertz CT molecular complexity index is 919. The fraction of sp³-hybridized carbons (Fsp3) is 0.200. The molecule has 1 saturated heterocycles. The van der Waals surface area contributed by atoms with Gasteiger partial charge in [-0.1, -0.05) is 12.1 Å². The van der Waals surface area contributed by atoms with Crippen LogP contribution in [-0.4, -0.2) is 25.3 Å². The lowest BCUT2D eigenvalue weighted by molar-refractivity contribution is -0.115.